The maximum atomic E-state index is 12.0. The van der Waals surface area contributed by atoms with E-state index in [9.17, 15) is 9.59 Å². The minimum Gasteiger partial charge on any atom is -0.478 e. The molecule has 1 heterocycles. The summed E-state index contributed by atoms with van der Waals surface area (Å²) in [6.45, 7) is 2.58. The zero-order valence-electron chi connectivity index (χ0n) is 18.9. The van der Waals surface area contributed by atoms with Crippen molar-refractivity contribution < 1.29 is 19.4 Å². The third-order valence-electron chi connectivity index (χ3n) is 5.46. The zero-order chi connectivity index (χ0) is 21.9. The number of hydrogen-bond acceptors (Lipinski definition) is 4. The number of pyridine rings is 1. The summed E-state index contributed by atoms with van der Waals surface area (Å²) >= 11 is 0. The Balaban J connectivity index is 1.89. The SMILES string of the molecule is CCCCCCCCCCCCCCCCCCOC(=O)c1ncccc1C(=O)O. The van der Waals surface area contributed by atoms with Crippen molar-refractivity contribution in [3.63, 3.8) is 0 Å². The lowest BCUT2D eigenvalue weighted by molar-refractivity contribution is 0.0480. The maximum absolute atomic E-state index is 12.0. The molecule has 0 aliphatic heterocycles. The van der Waals surface area contributed by atoms with E-state index >= 15 is 0 Å². The highest BCUT2D eigenvalue weighted by Gasteiger charge is 2.18. The van der Waals surface area contributed by atoms with Gasteiger partial charge in [-0.1, -0.05) is 103 Å². The Morgan fingerprint density at radius 1 is 0.800 bits per heavy atom. The Hall–Kier alpha value is -1.91. The second-order valence-electron chi connectivity index (χ2n) is 8.14. The van der Waals surface area contributed by atoms with E-state index in [-0.39, 0.29) is 11.3 Å². The van der Waals surface area contributed by atoms with Gasteiger partial charge in [-0.3, -0.25) is 0 Å². The molecule has 0 saturated heterocycles. The zero-order valence-corrected chi connectivity index (χ0v) is 18.9. The number of carboxylic acid groups (broad SMARTS) is 1. The summed E-state index contributed by atoms with van der Waals surface area (Å²) in [7, 11) is 0. The topological polar surface area (TPSA) is 76.5 Å². The summed E-state index contributed by atoms with van der Waals surface area (Å²) in [6, 6.07) is 2.86. The van der Waals surface area contributed by atoms with Crippen molar-refractivity contribution in [1.29, 1.82) is 0 Å². The number of carbonyl (C=O) groups excluding carboxylic acids is 1. The molecule has 0 aromatic carbocycles. The molecule has 30 heavy (non-hydrogen) atoms. The molecule has 0 radical (unpaired) electrons. The lowest BCUT2D eigenvalue weighted by atomic mass is 10.0. The van der Waals surface area contributed by atoms with E-state index < -0.39 is 11.9 Å². The van der Waals surface area contributed by atoms with Gasteiger partial charge in [0.1, 0.15) is 0 Å². The first-order chi connectivity index (χ1) is 14.7. The molecule has 0 spiro atoms. The van der Waals surface area contributed by atoms with Crippen LogP contribution in [-0.2, 0) is 4.74 Å². The highest BCUT2D eigenvalue weighted by molar-refractivity contribution is 6.00. The van der Waals surface area contributed by atoms with Crippen molar-refractivity contribution in [2.24, 2.45) is 0 Å². The molecule has 0 bridgehead atoms. The number of unbranched alkanes of at least 4 members (excludes halogenated alkanes) is 15. The van der Waals surface area contributed by atoms with Crippen LogP contribution < -0.4 is 0 Å². The van der Waals surface area contributed by atoms with Gasteiger partial charge in [0.15, 0.2) is 5.69 Å². The lowest BCUT2D eigenvalue weighted by Gasteiger charge is -2.06. The van der Waals surface area contributed by atoms with Crippen LogP contribution >= 0.6 is 0 Å². The summed E-state index contributed by atoms with van der Waals surface area (Å²) in [5, 5.41) is 9.09. The van der Waals surface area contributed by atoms with Crippen LogP contribution in [0.2, 0.25) is 0 Å². The maximum Gasteiger partial charge on any atom is 0.357 e. The minimum absolute atomic E-state index is 0.116. The van der Waals surface area contributed by atoms with E-state index in [0.29, 0.717) is 6.61 Å². The van der Waals surface area contributed by atoms with Gasteiger partial charge >= 0.3 is 11.9 Å². The van der Waals surface area contributed by atoms with E-state index in [1.165, 1.54) is 102 Å². The Labute approximate surface area is 182 Å². The molecule has 0 saturated carbocycles. The van der Waals surface area contributed by atoms with E-state index in [1.807, 2.05) is 0 Å². The summed E-state index contributed by atoms with van der Waals surface area (Å²) in [5.74, 6) is -1.83. The Morgan fingerprint density at radius 3 is 1.73 bits per heavy atom. The van der Waals surface area contributed by atoms with Crippen molar-refractivity contribution in [3.8, 4) is 0 Å². The number of esters is 1. The van der Waals surface area contributed by atoms with Crippen molar-refractivity contribution in [2.75, 3.05) is 6.61 Å². The number of hydrogen-bond donors (Lipinski definition) is 1. The van der Waals surface area contributed by atoms with Gasteiger partial charge in [-0.15, -0.1) is 0 Å². The third-order valence-corrected chi connectivity index (χ3v) is 5.46. The largest absolute Gasteiger partial charge is 0.478 e. The van der Waals surface area contributed by atoms with Gasteiger partial charge in [0.2, 0.25) is 0 Å². The van der Waals surface area contributed by atoms with Gasteiger partial charge in [-0.05, 0) is 18.6 Å². The fourth-order valence-electron chi connectivity index (χ4n) is 3.62. The van der Waals surface area contributed by atoms with E-state index in [4.69, 9.17) is 9.84 Å². The fraction of sp³-hybridized carbons (Fsp3) is 0.720. The molecule has 5 nitrogen and oxygen atoms in total. The van der Waals surface area contributed by atoms with Crippen molar-refractivity contribution >= 4 is 11.9 Å². The number of aromatic nitrogens is 1. The van der Waals surface area contributed by atoms with Crippen molar-refractivity contribution in [1.82, 2.24) is 4.98 Å². The third kappa shape index (κ3) is 12.6. The number of carboxylic acids is 1. The molecule has 5 heteroatoms. The standard InChI is InChI=1S/C25H41NO4/c1-2-3-4-5-6-7-8-9-10-11-12-13-14-15-16-17-21-30-25(29)23-22(24(27)28)19-18-20-26-23/h18-20H,2-17,21H2,1H3,(H,27,28). The lowest BCUT2D eigenvalue weighted by Crippen LogP contribution is -2.14. The molecule has 170 valence electrons. The summed E-state index contributed by atoms with van der Waals surface area (Å²) < 4.78 is 5.17. The molecule has 1 aromatic rings. The van der Waals surface area contributed by atoms with Crippen LogP contribution in [0, 0.1) is 0 Å². The molecule has 0 atom stereocenters. The van der Waals surface area contributed by atoms with Crippen LogP contribution in [-0.4, -0.2) is 28.6 Å². The van der Waals surface area contributed by atoms with Crippen molar-refractivity contribution in [2.45, 2.75) is 110 Å². The van der Waals surface area contributed by atoms with Gasteiger partial charge in [-0.25, -0.2) is 14.6 Å². The summed E-state index contributed by atoms with van der Waals surface area (Å²) in [4.78, 5) is 26.9. The molecule has 0 amide bonds. The summed E-state index contributed by atoms with van der Waals surface area (Å²) in [6.07, 6.45) is 22.1. The average molecular weight is 420 g/mol. The van der Waals surface area contributed by atoms with Gasteiger partial charge in [-0.2, -0.15) is 0 Å². The van der Waals surface area contributed by atoms with Crippen molar-refractivity contribution in [3.05, 3.63) is 29.6 Å². The predicted octanol–water partition coefficient (Wildman–Crippen LogP) is 7.20. The number of ether oxygens (including phenoxy) is 1. The van der Waals surface area contributed by atoms with E-state index in [2.05, 4.69) is 11.9 Å². The van der Waals surface area contributed by atoms with Gasteiger partial charge in [0.05, 0.1) is 12.2 Å². The smallest absolute Gasteiger partial charge is 0.357 e. The van der Waals surface area contributed by atoms with Crippen LogP contribution in [0.1, 0.15) is 131 Å². The van der Waals surface area contributed by atoms with Crippen LogP contribution in [0.4, 0.5) is 0 Å². The molecule has 0 fully saturated rings. The second kappa shape index (κ2) is 17.9. The molecule has 1 rings (SSSR count). The first kappa shape index (κ1) is 26.1. The van der Waals surface area contributed by atoms with Gasteiger partial charge in [0, 0.05) is 6.20 Å². The Bertz CT molecular complexity index is 588. The molecule has 1 aromatic heterocycles. The number of nitrogens with zero attached hydrogens (tertiary/aromatic N) is 1. The average Bonchev–Trinajstić information content (AvgIpc) is 2.75. The van der Waals surface area contributed by atoms with E-state index in [0.717, 1.165) is 19.3 Å². The first-order valence-corrected chi connectivity index (χ1v) is 12.0. The van der Waals surface area contributed by atoms with Crippen LogP contribution in [0.25, 0.3) is 0 Å². The quantitative estimate of drug-likeness (QED) is 0.189. The molecule has 1 N–H and O–H groups in total. The van der Waals surface area contributed by atoms with Gasteiger partial charge < -0.3 is 9.84 Å². The molecule has 0 aliphatic carbocycles. The molecule has 0 unspecified atom stereocenters. The van der Waals surface area contributed by atoms with Gasteiger partial charge in [0.25, 0.3) is 0 Å². The normalized spacial score (nSPS) is 10.8. The first-order valence-electron chi connectivity index (χ1n) is 12.0. The minimum atomic E-state index is -1.17. The van der Waals surface area contributed by atoms with Crippen LogP contribution in [0.3, 0.4) is 0 Å². The Kier molecular flexibility index (Phi) is 15.6. The van der Waals surface area contributed by atoms with Crippen LogP contribution in [0.15, 0.2) is 18.3 Å². The molecule has 0 aliphatic rings. The number of aromatic carboxylic acids is 1. The number of carbonyl (C=O) groups is 2. The highest BCUT2D eigenvalue weighted by Crippen LogP contribution is 2.14. The second-order valence-corrected chi connectivity index (χ2v) is 8.14. The van der Waals surface area contributed by atoms with Crippen LogP contribution in [0.5, 0.6) is 0 Å². The van der Waals surface area contributed by atoms with E-state index in [1.54, 1.807) is 0 Å². The summed E-state index contributed by atoms with van der Waals surface area (Å²) in [5.41, 5.74) is -0.240. The monoisotopic (exact) mass is 419 g/mol. The molecular formula is C25H41NO4. The fourth-order valence-corrected chi connectivity index (χ4v) is 3.62. The predicted molar refractivity (Wildman–Crippen MR) is 121 cm³/mol. The molecular weight excluding hydrogens is 378 g/mol. The number of rotatable bonds is 19. The Morgan fingerprint density at radius 2 is 1.27 bits per heavy atom. The highest BCUT2D eigenvalue weighted by atomic mass is 16.5.